The van der Waals surface area contributed by atoms with Gasteiger partial charge in [0, 0.05) is 48.0 Å². The van der Waals surface area contributed by atoms with E-state index >= 15 is 0 Å². The third-order valence-electron chi connectivity index (χ3n) is 6.63. The molecular formula is C24H31N5OS. The van der Waals surface area contributed by atoms with Crippen molar-refractivity contribution in [1.82, 2.24) is 19.9 Å². The quantitative estimate of drug-likeness (QED) is 0.638. The molecule has 0 spiro atoms. The Morgan fingerprint density at radius 2 is 2.10 bits per heavy atom. The Labute approximate surface area is 188 Å². The highest BCUT2D eigenvalue weighted by Gasteiger charge is 2.29. The van der Waals surface area contributed by atoms with Gasteiger partial charge in [-0.25, -0.2) is 9.97 Å². The number of morpholine rings is 1. The first kappa shape index (κ1) is 20.8. The highest BCUT2D eigenvalue weighted by atomic mass is 32.1. The molecule has 1 aliphatic carbocycles. The Balaban J connectivity index is 1.53. The van der Waals surface area contributed by atoms with Crippen molar-refractivity contribution in [3.05, 3.63) is 35.0 Å². The zero-order valence-corrected chi connectivity index (χ0v) is 19.5. The summed E-state index contributed by atoms with van der Waals surface area (Å²) < 4.78 is 5.55. The molecule has 0 aromatic carbocycles. The molecule has 2 aliphatic rings. The van der Waals surface area contributed by atoms with Crippen LogP contribution in [0.2, 0.25) is 0 Å². The van der Waals surface area contributed by atoms with Gasteiger partial charge in [0.25, 0.3) is 0 Å². The van der Waals surface area contributed by atoms with E-state index in [9.17, 15) is 0 Å². The van der Waals surface area contributed by atoms with E-state index < -0.39 is 0 Å². The van der Waals surface area contributed by atoms with Crippen molar-refractivity contribution in [1.29, 1.82) is 0 Å². The number of fused-ring (bicyclic) bond motifs is 3. The van der Waals surface area contributed by atoms with Crippen LogP contribution < -0.4 is 5.32 Å². The summed E-state index contributed by atoms with van der Waals surface area (Å²) in [5.74, 6) is 2.46. The van der Waals surface area contributed by atoms with Gasteiger partial charge in [0.15, 0.2) is 5.82 Å². The average Bonchev–Trinajstić information content (AvgIpc) is 3.16. The average molecular weight is 438 g/mol. The molecule has 0 bridgehead atoms. The standard InChI is InChI=1S/C24H31N5OS/c1-16-6-7-18-19(13-16)31-23-20(18)22(27-21(28-23)17-5-4-8-25-14-17)26-15-24(2,3)29-9-11-30-12-10-29/h4-5,8,14,16H,6-7,9-13,15H2,1-3H3,(H,26,27,28)/t16-/m0/s1. The number of thiophene rings is 1. The smallest absolute Gasteiger partial charge is 0.164 e. The summed E-state index contributed by atoms with van der Waals surface area (Å²) in [5.41, 5.74) is 2.43. The minimum atomic E-state index is 0.0140. The minimum Gasteiger partial charge on any atom is -0.379 e. The van der Waals surface area contributed by atoms with Gasteiger partial charge in [-0.05, 0) is 56.7 Å². The van der Waals surface area contributed by atoms with Gasteiger partial charge < -0.3 is 10.1 Å². The molecule has 0 unspecified atom stereocenters. The SMILES string of the molecule is C[C@H]1CCc2c(sc3nc(-c4cccnc4)nc(NCC(C)(C)N4CCOCC4)c23)C1. The van der Waals surface area contributed by atoms with Crippen molar-refractivity contribution in [2.45, 2.75) is 45.6 Å². The van der Waals surface area contributed by atoms with E-state index in [1.54, 1.807) is 6.20 Å². The van der Waals surface area contributed by atoms with Gasteiger partial charge in [-0.15, -0.1) is 11.3 Å². The van der Waals surface area contributed by atoms with E-state index in [0.717, 1.165) is 73.6 Å². The first-order valence-electron chi connectivity index (χ1n) is 11.3. The normalized spacial score (nSPS) is 20.0. The predicted molar refractivity (Wildman–Crippen MR) is 127 cm³/mol. The molecule has 3 aromatic rings. The number of hydrogen-bond acceptors (Lipinski definition) is 7. The molecule has 0 saturated carbocycles. The van der Waals surface area contributed by atoms with Crippen LogP contribution in [0.15, 0.2) is 24.5 Å². The Bertz CT molecular complexity index is 1060. The van der Waals surface area contributed by atoms with Crippen LogP contribution in [-0.4, -0.2) is 58.2 Å². The lowest BCUT2D eigenvalue weighted by molar-refractivity contribution is -0.00569. The lowest BCUT2D eigenvalue weighted by Crippen LogP contribution is -2.53. The number of nitrogens with one attached hydrogen (secondary N) is 1. The maximum Gasteiger partial charge on any atom is 0.164 e. The van der Waals surface area contributed by atoms with Crippen LogP contribution in [0, 0.1) is 5.92 Å². The van der Waals surface area contributed by atoms with Crippen LogP contribution in [0.1, 0.15) is 37.6 Å². The van der Waals surface area contributed by atoms with Crippen LogP contribution in [0.25, 0.3) is 21.6 Å². The summed E-state index contributed by atoms with van der Waals surface area (Å²) in [6.07, 6.45) is 7.14. The fourth-order valence-corrected chi connectivity index (χ4v) is 6.06. The molecule has 31 heavy (non-hydrogen) atoms. The predicted octanol–water partition coefficient (Wildman–Crippen LogP) is 4.40. The van der Waals surface area contributed by atoms with Gasteiger partial charge in [0.2, 0.25) is 0 Å². The molecule has 6 nitrogen and oxygen atoms in total. The van der Waals surface area contributed by atoms with Gasteiger partial charge in [-0.1, -0.05) is 6.92 Å². The monoisotopic (exact) mass is 437 g/mol. The summed E-state index contributed by atoms with van der Waals surface area (Å²) in [6, 6.07) is 3.98. The lowest BCUT2D eigenvalue weighted by Gasteiger charge is -2.41. The Hall–Kier alpha value is -2.09. The first-order chi connectivity index (χ1) is 15.0. The fraction of sp³-hybridized carbons (Fsp3) is 0.542. The summed E-state index contributed by atoms with van der Waals surface area (Å²) >= 11 is 1.85. The van der Waals surface area contributed by atoms with E-state index in [4.69, 9.17) is 14.7 Å². The topological polar surface area (TPSA) is 63.2 Å². The summed E-state index contributed by atoms with van der Waals surface area (Å²) in [7, 11) is 0. The number of nitrogens with zero attached hydrogens (tertiary/aromatic N) is 4. The molecule has 4 heterocycles. The maximum atomic E-state index is 5.55. The van der Waals surface area contributed by atoms with Crippen molar-refractivity contribution in [2.24, 2.45) is 5.92 Å². The van der Waals surface area contributed by atoms with Crippen molar-refractivity contribution < 1.29 is 4.74 Å². The number of aromatic nitrogens is 3. The Kier molecular flexibility index (Phi) is 5.67. The van der Waals surface area contributed by atoms with Crippen molar-refractivity contribution >= 4 is 27.4 Å². The fourth-order valence-electron chi connectivity index (χ4n) is 4.67. The van der Waals surface area contributed by atoms with Crippen LogP contribution >= 0.6 is 11.3 Å². The van der Waals surface area contributed by atoms with E-state index in [1.807, 2.05) is 29.7 Å². The first-order valence-corrected chi connectivity index (χ1v) is 12.1. The van der Waals surface area contributed by atoms with Crippen LogP contribution in [0.4, 0.5) is 5.82 Å². The zero-order valence-electron chi connectivity index (χ0n) is 18.6. The lowest BCUT2D eigenvalue weighted by atomic mass is 9.89. The van der Waals surface area contributed by atoms with E-state index in [2.05, 4.69) is 36.0 Å². The molecule has 164 valence electrons. The van der Waals surface area contributed by atoms with Crippen LogP contribution in [0.5, 0.6) is 0 Å². The third kappa shape index (κ3) is 4.19. The summed E-state index contributed by atoms with van der Waals surface area (Å²) in [4.78, 5) is 19.4. The molecule has 1 aliphatic heterocycles. The number of hydrogen-bond donors (Lipinski definition) is 1. The molecule has 0 amide bonds. The van der Waals surface area contributed by atoms with E-state index in [1.165, 1.54) is 22.2 Å². The van der Waals surface area contributed by atoms with Crippen molar-refractivity contribution in [2.75, 3.05) is 38.2 Å². The minimum absolute atomic E-state index is 0.0140. The number of rotatable bonds is 5. The molecule has 5 rings (SSSR count). The second kappa shape index (κ2) is 8.45. The molecule has 1 atom stereocenters. The number of pyridine rings is 1. The van der Waals surface area contributed by atoms with Gasteiger partial charge in [0.1, 0.15) is 10.6 Å². The maximum absolute atomic E-state index is 5.55. The summed E-state index contributed by atoms with van der Waals surface area (Å²) in [5, 5.41) is 4.97. The highest BCUT2D eigenvalue weighted by molar-refractivity contribution is 7.19. The highest BCUT2D eigenvalue weighted by Crippen LogP contribution is 2.41. The number of ether oxygens (including phenoxy) is 1. The van der Waals surface area contributed by atoms with Crippen LogP contribution in [-0.2, 0) is 17.6 Å². The molecule has 1 fully saturated rings. The number of aryl methyl sites for hydroxylation is 1. The molecule has 1 saturated heterocycles. The molecule has 0 radical (unpaired) electrons. The zero-order chi connectivity index (χ0) is 21.4. The van der Waals surface area contributed by atoms with Gasteiger partial charge in [0.05, 0.1) is 18.6 Å². The number of anilines is 1. The van der Waals surface area contributed by atoms with Crippen molar-refractivity contribution in [3.8, 4) is 11.4 Å². The van der Waals surface area contributed by atoms with Crippen LogP contribution in [0.3, 0.4) is 0 Å². The molecular weight excluding hydrogens is 406 g/mol. The molecule has 3 aromatic heterocycles. The second-order valence-corrected chi connectivity index (χ2v) is 10.5. The van der Waals surface area contributed by atoms with E-state index in [-0.39, 0.29) is 5.54 Å². The Morgan fingerprint density at radius 1 is 1.26 bits per heavy atom. The Morgan fingerprint density at radius 3 is 2.87 bits per heavy atom. The molecule has 1 N–H and O–H groups in total. The van der Waals surface area contributed by atoms with Crippen molar-refractivity contribution in [3.63, 3.8) is 0 Å². The summed E-state index contributed by atoms with van der Waals surface area (Å²) in [6.45, 7) is 11.3. The van der Waals surface area contributed by atoms with E-state index in [0.29, 0.717) is 0 Å². The second-order valence-electron chi connectivity index (χ2n) is 9.43. The largest absolute Gasteiger partial charge is 0.379 e. The van der Waals surface area contributed by atoms with Gasteiger partial charge >= 0.3 is 0 Å². The third-order valence-corrected chi connectivity index (χ3v) is 7.78. The molecule has 7 heteroatoms. The van der Waals surface area contributed by atoms with Gasteiger partial charge in [-0.2, -0.15) is 0 Å². The van der Waals surface area contributed by atoms with Gasteiger partial charge in [-0.3, -0.25) is 9.88 Å².